The van der Waals surface area contributed by atoms with E-state index in [9.17, 15) is 4.79 Å². The number of ether oxygens (including phenoxy) is 1. The lowest BCUT2D eigenvalue weighted by Crippen LogP contribution is -2.53. The quantitative estimate of drug-likeness (QED) is 0.297. The molecule has 0 radical (unpaired) electrons. The van der Waals surface area contributed by atoms with Crippen molar-refractivity contribution in [2.75, 3.05) is 10.2 Å². The molecule has 27 heavy (non-hydrogen) atoms. The molecule has 1 heterocycles. The summed E-state index contributed by atoms with van der Waals surface area (Å²) in [7, 11) is -1.52. The molecule has 1 fully saturated rings. The van der Waals surface area contributed by atoms with Crippen molar-refractivity contribution in [2.24, 2.45) is 5.92 Å². The van der Waals surface area contributed by atoms with Crippen molar-refractivity contribution < 1.29 is 9.53 Å². The van der Waals surface area contributed by atoms with Crippen LogP contribution in [0.5, 0.6) is 0 Å². The zero-order valence-electron chi connectivity index (χ0n) is 16.5. The van der Waals surface area contributed by atoms with Gasteiger partial charge >= 0.3 is 6.09 Å². The largest absolute Gasteiger partial charge is 0.431 e. The summed E-state index contributed by atoms with van der Waals surface area (Å²) in [5.74, 6) is 0.260. The van der Waals surface area contributed by atoms with Crippen LogP contribution in [-0.2, 0) is 10.3 Å². The normalized spacial score (nSPS) is 19.4. The van der Waals surface area contributed by atoms with Crippen LogP contribution in [0.3, 0.4) is 0 Å². The Kier molecular flexibility index (Phi) is 6.01. The average molecular weight is 493 g/mol. The highest BCUT2D eigenvalue weighted by molar-refractivity contribution is 14.1. The highest BCUT2D eigenvalue weighted by atomic mass is 127. The fourth-order valence-electron chi connectivity index (χ4n) is 4.08. The maximum Gasteiger partial charge on any atom is 0.411 e. The predicted molar refractivity (Wildman–Crippen MR) is 122 cm³/mol. The third-order valence-corrected chi connectivity index (χ3v) is 13.3. The molecular weight excluding hydrogens is 465 g/mol. The number of halogens is 1. The Hall–Kier alpha value is -1.34. The molecule has 1 aliphatic heterocycles. The van der Waals surface area contributed by atoms with Crippen LogP contribution in [0.4, 0.5) is 4.79 Å². The molecule has 0 unspecified atom stereocenters. The zero-order chi connectivity index (χ0) is 19.7. The number of nitrogens with zero attached hydrogens (tertiary/aromatic N) is 1. The first kappa shape index (κ1) is 20.4. The summed E-state index contributed by atoms with van der Waals surface area (Å²) in [5, 5.41) is 0. The lowest BCUT2D eigenvalue weighted by Gasteiger charge is -2.39. The van der Waals surface area contributed by atoms with Gasteiger partial charge in [-0.25, -0.2) is 4.79 Å². The molecule has 2 aromatic rings. The van der Waals surface area contributed by atoms with E-state index in [1.807, 2.05) is 41.3 Å². The standard InChI is InChI=1S/C22H28INO2Si/c1-17(2)20-22(18-11-7-5-8-12-18,19-13-9-6-10-14-19)26-21(25)24(20)16-27(3,4)15-23/h5-14,17,20H,15-16H2,1-4H3/t20-/m0/s1. The SMILES string of the molecule is CC(C)[C@@H]1N(C[Si](C)(C)CI)C(=O)OC1(c1ccccc1)c1ccccc1. The first-order valence-electron chi connectivity index (χ1n) is 9.48. The van der Waals surface area contributed by atoms with Gasteiger partial charge in [0.2, 0.25) is 0 Å². The van der Waals surface area contributed by atoms with Gasteiger partial charge < -0.3 is 9.64 Å². The first-order chi connectivity index (χ1) is 12.8. The van der Waals surface area contributed by atoms with E-state index >= 15 is 0 Å². The van der Waals surface area contributed by atoms with E-state index in [-0.39, 0.29) is 18.1 Å². The minimum Gasteiger partial charge on any atom is -0.431 e. The van der Waals surface area contributed by atoms with Crippen LogP contribution in [0.15, 0.2) is 60.7 Å². The second-order valence-electron chi connectivity index (χ2n) is 8.45. The van der Waals surface area contributed by atoms with Gasteiger partial charge in [-0.1, -0.05) is 110 Å². The van der Waals surface area contributed by atoms with E-state index in [4.69, 9.17) is 4.74 Å². The molecular formula is C22H28INO2Si. The maximum atomic E-state index is 13.2. The molecule has 2 aromatic carbocycles. The Bertz CT molecular complexity index is 740. The van der Waals surface area contributed by atoms with Crippen molar-refractivity contribution >= 4 is 36.8 Å². The van der Waals surface area contributed by atoms with Crippen LogP contribution >= 0.6 is 22.6 Å². The molecule has 1 amide bonds. The summed E-state index contributed by atoms with van der Waals surface area (Å²) in [6.07, 6.45) is 0.630. The van der Waals surface area contributed by atoms with Gasteiger partial charge in [-0.3, -0.25) is 0 Å². The molecule has 1 atom stereocenters. The van der Waals surface area contributed by atoms with E-state index in [0.29, 0.717) is 0 Å². The molecule has 3 nitrogen and oxygen atoms in total. The Morgan fingerprint density at radius 2 is 1.52 bits per heavy atom. The van der Waals surface area contributed by atoms with Gasteiger partial charge in [0, 0.05) is 17.3 Å². The topological polar surface area (TPSA) is 29.5 Å². The monoisotopic (exact) mass is 493 g/mol. The van der Waals surface area contributed by atoms with Crippen molar-refractivity contribution in [3.05, 3.63) is 71.8 Å². The zero-order valence-corrected chi connectivity index (χ0v) is 19.6. The Morgan fingerprint density at radius 1 is 1.04 bits per heavy atom. The number of hydrogen-bond acceptors (Lipinski definition) is 2. The molecule has 3 rings (SSSR count). The number of carbonyl (C=O) groups is 1. The molecule has 144 valence electrons. The van der Waals surface area contributed by atoms with Crippen molar-refractivity contribution in [1.82, 2.24) is 4.90 Å². The molecule has 0 N–H and O–H groups in total. The molecule has 0 spiro atoms. The van der Waals surface area contributed by atoms with E-state index in [1.54, 1.807) is 0 Å². The van der Waals surface area contributed by atoms with E-state index in [0.717, 1.165) is 21.3 Å². The molecule has 0 saturated carbocycles. The number of alkyl halides is 1. The molecule has 0 bridgehead atoms. The number of hydrogen-bond donors (Lipinski definition) is 0. The van der Waals surface area contributed by atoms with Gasteiger partial charge in [-0.2, -0.15) is 0 Å². The minimum atomic E-state index is -1.52. The Morgan fingerprint density at radius 3 is 1.93 bits per heavy atom. The van der Waals surface area contributed by atoms with Gasteiger partial charge in [0.25, 0.3) is 0 Å². The van der Waals surface area contributed by atoms with Crippen LogP contribution in [0, 0.1) is 5.92 Å². The second-order valence-corrected chi connectivity index (χ2v) is 15.7. The van der Waals surface area contributed by atoms with Gasteiger partial charge in [0.1, 0.15) is 0 Å². The summed E-state index contributed by atoms with van der Waals surface area (Å²) in [6.45, 7) is 9.07. The number of rotatable bonds is 6. The van der Waals surface area contributed by atoms with Gasteiger partial charge in [0.05, 0.1) is 14.1 Å². The van der Waals surface area contributed by atoms with Crippen molar-refractivity contribution in [3.63, 3.8) is 0 Å². The van der Waals surface area contributed by atoms with Crippen LogP contribution in [0.1, 0.15) is 25.0 Å². The summed E-state index contributed by atoms with van der Waals surface area (Å²) >= 11 is 2.46. The molecule has 0 aliphatic carbocycles. The van der Waals surface area contributed by atoms with Gasteiger partial charge in [0.15, 0.2) is 5.60 Å². The van der Waals surface area contributed by atoms with Crippen LogP contribution in [0.25, 0.3) is 0 Å². The first-order valence-corrected chi connectivity index (χ1v) is 14.4. The lowest BCUT2D eigenvalue weighted by atomic mass is 9.76. The highest BCUT2D eigenvalue weighted by Gasteiger charge is 2.57. The molecule has 0 aromatic heterocycles. The Labute approximate surface area is 177 Å². The summed E-state index contributed by atoms with van der Waals surface area (Å²) in [4.78, 5) is 15.2. The second kappa shape index (κ2) is 7.95. The predicted octanol–water partition coefficient (Wildman–Crippen LogP) is 5.63. The molecule has 1 saturated heterocycles. The maximum absolute atomic E-state index is 13.2. The summed E-state index contributed by atoms with van der Waals surface area (Å²) in [5.41, 5.74) is 1.31. The Balaban J connectivity index is 2.19. The van der Waals surface area contributed by atoms with Crippen molar-refractivity contribution in [3.8, 4) is 0 Å². The van der Waals surface area contributed by atoms with Gasteiger partial charge in [-0.15, -0.1) is 0 Å². The summed E-state index contributed by atoms with van der Waals surface area (Å²) < 4.78 is 7.42. The van der Waals surface area contributed by atoms with Crippen molar-refractivity contribution in [2.45, 2.75) is 38.6 Å². The highest BCUT2D eigenvalue weighted by Crippen LogP contribution is 2.47. The minimum absolute atomic E-state index is 0.0375. The van der Waals surface area contributed by atoms with E-state index in [1.165, 1.54) is 0 Å². The molecule has 1 aliphatic rings. The third kappa shape index (κ3) is 3.81. The summed E-state index contributed by atoms with van der Waals surface area (Å²) in [6, 6.07) is 20.4. The van der Waals surface area contributed by atoms with Crippen LogP contribution < -0.4 is 0 Å². The van der Waals surface area contributed by atoms with Gasteiger partial charge in [-0.05, 0) is 9.97 Å². The van der Waals surface area contributed by atoms with E-state index < -0.39 is 13.7 Å². The van der Waals surface area contributed by atoms with E-state index in [2.05, 4.69) is 73.8 Å². The molecule has 5 heteroatoms. The smallest absolute Gasteiger partial charge is 0.411 e. The van der Waals surface area contributed by atoms with Crippen LogP contribution in [-0.4, -0.2) is 35.3 Å². The number of amides is 1. The number of cyclic esters (lactones) is 1. The lowest BCUT2D eigenvalue weighted by molar-refractivity contribution is 0.0554. The van der Waals surface area contributed by atoms with Crippen LogP contribution in [0.2, 0.25) is 13.1 Å². The third-order valence-electron chi connectivity index (χ3n) is 5.23. The number of benzene rings is 2. The fraction of sp³-hybridized carbons (Fsp3) is 0.409. The average Bonchev–Trinajstić information content (AvgIpc) is 2.96. The fourth-order valence-corrected chi connectivity index (χ4v) is 6.14. The number of carbonyl (C=O) groups excluding carboxylic acids is 1. The van der Waals surface area contributed by atoms with Crippen molar-refractivity contribution in [1.29, 1.82) is 0 Å².